The van der Waals surface area contributed by atoms with E-state index in [1.54, 1.807) is 13.8 Å². The number of carbonyl (C=O) groups is 3. The van der Waals surface area contributed by atoms with Crippen molar-refractivity contribution in [2.75, 3.05) is 79.2 Å². The maximum Gasteiger partial charge on any atom is 0.222 e. The Bertz CT molecular complexity index is 1580. The van der Waals surface area contributed by atoms with E-state index in [2.05, 4.69) is 16.0 Å². The summed E-state index contributed by atoms with van der Waals surface area (Å²) in [6, 6.07) is 0. The summed E-state index contributed by atoms with van der Waals surface area (Å²) < 4.78 is 45.3. The Hall–Kier alpha value is -2.47. The molecule has 450 valence electrons. The van der Waals surface area contributed by atoms with Crippen LogP contribution in [0.1, 0.15) is 84.5 Å². The largest absolute Gasteiger partial charge is 0.394 e. The minimum absolute atomic E-state index is 0.0398. The SMILES string of the molecule is CCC(=O)NC(C)(COCCC(=O)NCCCCCCOC1O[C@H](CO)[C@@H](C2O[C@H](CO)[C@@H](O)[C@H](O)[C@H]2O)[C@H](O)[C@H]1O)COCCC(=O)NCCCCCCO[C@@H]1O[C@H](CO)C([C@H]2O[C@H](CO)[C@@H](O)[C@H](O)[C@H]2O)[C@H](O)[C@H]1O. The van der Waals surface area contributed by atoms with Gasteiger partial charge in [-0.25, -0.2) is 0 Å². The average molecular weight is 1120 g/mol. The molecule has 4 fully saturated rings. The number of amides is 3. The molecule has 4 rings (SSSR count). The average Bonchev–Trinajstić information content (AvgIpc) is 3.44. The van der Waals surface area contributed by atoms with Gasteiger partial charge in [0.05, 0.1) is 95.0 Å². The van der Waals surface area contributed by atoms with E-state index in [9.17, 15) is 85.9 Å². The zero-order chi connectivity index (χ0) is 56.8. The molecule has 4 aliphatic rings. The van der Waals surface area contributed by atoms with Crippen LogP contribution in [0.2, 0.25) is 0 Å². The number of rotatable bonds is 34. The third-order valence-electron chi connectivity index (χ3n) is 14.4. The number of hydrogen-bond acceptors (Lipinski definition) is 25. The molecule has 17 N–H and O–H groups in total. The fourth-order valence-electron chi connectivity index (χ4n) is 9.87. The Kier molecular flexibility index (Phi) is 29.7. The lowest BCUT2D eigenvalue weighted by molar-refractivity contribution is -0.324. The van der Waals surface area contributed by atoms with Crippen molar-refractivity contribution in [2.45, 2.75) is 200 Å². The van der Waals surface area contributed by atoms with Crippen LogP contribution in [-0.2, 0) is 52.3 Å². The Morgan fingerprint density at radius 2 is 0.818 bits per heavy atom. The van der Waals surface area contributed by atoms with Gasteiger partial charge in [-0.15, -0.1) is 0 Å². The molecule has 28 nitrogen and oxygen atoms in total. The van der Waals surface area contributed by atoms with Gasteiger partial charge in [-0.1, -0.05) is 32.6 Å². The van der Waals surface area contributed by atoms with Crippen molar-refractivity contribution in [3.05, 3.63) is 0 Å². The van der Waals surface area contributed by atoms with Crippen LogP contribution in [0, 0.1) is 11.8 Å². The molecular weight excluding hydrogens is 1030 g/mol. The van der Waals surface area contributed by atoms with Gasteiger partial charge in [0.25, 0.3) is 0 Å². The molecule has 0 bridgehead atoms. The van der Waals surface area contributed by atoms with Crippen LogP contribution in [0.15, 0.2) is 0 Å². The number of nitrogens with one attached hydrogen (secondary N) is 3. The Morgan fingerprint density at radius 3 is 1.18 bits per heavy atom. The van der Waals surface area contributed by atoms with Crippen molar-refractivity contribution in [2.24, 2.45) is 11.8 Å². The Morgan fingerprint density at radius 1 is 0.442 bits per heavy atom. The van der Waals surface area contributed by atoms with Crippen LogP contribution in [0.4, 0.5) is 0 Å². The summed E-state index contributed by atoms with van der Waals surface area (Å²) in [6.45, 7) is 2.04. The van der Waals surface area contributed by atoms with Gasteiger partial charge in [0.15, 0.2) is 12.6 Å². The van der Waals surface area contributed by atoms with Crippen LogP contribution in [0.5, 0.6) is 0 Å². The summed E-state index contributed by atoms with van der Waals surface area (Å²) in [7, 11) is 0. The van der Waals surface area contributed by atoms with Gasteiger partial charge in [0, 0.05) is 57.4 Å². The highest BCUT2D eigenvalue weighted by atomic mass is 16.7. The minimum atomic E-state index is -1.72. The molecule has 4 aliphatic heterocycles. The monoisotopic (exact) mass is 1120 g/mol. The molecule has 0 aromatic carbocycles. The highest BCUT2D eigenvalue weighted by Crippen LogP contribution is 2.38. The van der Waals surface area contributed by atoms with Crippen LogP contribution < -0.4 is 16.0 Å². The molecule has 0 aromatic heterocycles. The molecule has 28 heteroatoms. The minimum Gasteiger partial charge on any atom is -0.394 e. The standard InChI is InChI=1S/C49H89N3O25/c1-3-30(57)52-49(2,24-70-18-12-31(58)50-14-8-4-6-10-16-72-47-43(68)37(62)33(26(20-53)76-47)45-41(66)39(64)35(60)28(22-55)74-45)25-71-19-13-32(59)51-15-9-5-7-11-17-73-48-44(69)38(63)34(27(21-54)77-48)46-42(67)40(65)36(61)29(23-56)75-46/h26-29,33-48,53-56,60-69H,3-25H2,1-2H3,(H,50,58)(H,51,59)(H,52,57)/t26-,27-,28-,29-,33-,34?,35-,36-,37+,38+,39+,40+,41-,42-,43-,44-,45?,46-,47?,48-,49?/m1/s1. The van der Waals surface area contributed by atoms with Gasteiger partial charge >= 0.3 is 0 Å². The lowest BCUT2D eigenvalue weighted by atomic mass is 9.79. The molecule has 0 saturated carbocycles. The van der Waals surface area contributed by atoms with Crippen LogP contribution in [-0.4, -0.2) is 284 Å². The van der Waals surface area contributed by atoms with E-state index >= 15 is 0 Å². The number of aliphatic hydroxyl groups is 14. The van der Waals surface area contributed by atoms with Crippen molar-refractivity contribution >= 4 is 17.7 Å². The Balaban J connectivity index is 1.01. The van der Waals surface area contributed by atoms with Gasteiger partial charge < -0.3 is 125 Å². The van der Waals surface area contributed by atoms with Gasteiger partial charge in [-0.05, 0) is 32.6 Å². The summed E-state index contributed by atoms with van der Waals surface area (Å²) in [5.74, 6) is -3.17. The summed E-state index contributed by atoms with van der Waals surface area (Å²) >= 11 is 0. The van der Waals surface area contributed by atoms with E-state index in [0.717, 1.165) is 12.8 Å². The van der Waals surface area contributed by atoms with Gasteiger partial charge in [-0.3, -0.25) is 14.4 Å². The molecule has 77 heavy (non-hydrogen) atoms. The molecule has 0 spiro atoms. The van der Waals surface area contributed by atoms with Crippen molar-refractivity contribution in [1.29, 1.82) is 0 Å². The number of hydrogen-bond donors (Lipinski definition) is 17. The van der Waals surface area contributed by atoms with E-state index < -0.39 is 154 Å². The van der Waals surface area contributed by atoms with E-state index in [0.29, 0.717) is 51.6 Å². The summed E-state index contributed by atoms with van der Waals surface area (Å²) in [6.07, 6.45) is -21.3. The second-order valence-electron chi connectivity index (χ2n) is 20.5. The highest BCUT2D eigenvalue weighted by molar-refractivity contribution is 5.77. The summed E-state index contributed by atoms with van der Waals surface area (Å²) in [5.41, 5.74) is -0.941. The number of aliphatic hydroxyl groups excluding tert-OH is 14. The number of unbranched alkanes of at least 4 members (excludes halogenated alkanes) is 6. The van der Waals surface area contributed by atoms with Gasteiger partial charge in [0.1, 0.15) is 61.0 Å². The predicted octanol–water partition coefficient (Wildman–Crippen LogP) is -6.73. The first-order valence-corrected chi connectivity index (χ1v) is 26.9. The first-order chi connectivity index (χ1) is 36.8. The molecule has 4 saturated heterocycles. The van der Waals surface area contributed by atoms with Crippen molar-refractivity contribution in [3.8, 4) is 0 Å². The summed E-state index contributed by atoms with van der Waals surface area (Å²) in [5, 5.41) is 153. The normalized spacial score (nSPS) is 36.5. The molecule has 0 aromatic rings. The molecule has 3 amide bonds. The van der Waals surface area contributed by atoms with Gasteiger partial charge in [-0.2, -0.15) is 0 Å². The zero-order valence-corrected chi connectivity index (χ0v) is 44.1. The predicted molar refractivity (Wildman–Crippen MR) is 263 cm³/mol. The first kappa shape index (κ1) is 67.0. The highest BCUT2D eigenvalue weighted by Gasteiger charge is 2.56. The third-order valence-corrected chi connectivity index (χ3v) is 14.4. The van der Waals surface area contributed by atoms with Crippen molar-refractivity contribution < 1.29 is 124 Å². The second-order valence-corrected chi connectivity index (χ2v) is 20.5. The maximum atomic E-state index is 12.5. The van der Waals surface area contributed by atoms with Gasteiger partial charge in [0.2, 0.25) is 17.7 Å². The lowest BCUT2D eigenvalue weighted by Crippen LogP contribution is -2.67. The van der Waals surface area contributed by atoms with Crippen LogP contribution in [0.25, 0.3) is 0 Å². The third kappa shape index (κ3) is 19.6. The van der Waals surface area contributed by atoms with E-state index in [1.165, 1.54) is 0 Å². The molecule has 4 unspecified atom stereocenters. The second kappa shape index (κ2) is 34.1. The van der Waals surface area contributed by atoms with Crippen LogP contribution in [0.3, 0.4) is 0 Å². The molecule has 4 heterocycles. The topological polar surface area (TPSA) is 444 Å². The molecular formula is C49H89N3O25. The first-order valence-electron chi connectivity index (χ1n) is 26.9. The van der Waals surface area contributed by atoms with Crippen molar-refractivity contribution in [3.63, 3.8) is 0 Å². The van der Waals surface area contributed by atoms with Crippen molar-refractivity contribution in [1.82, 2.24) is 16.0 Å². The van der Waals surface area contributed by atoms with E-state index in [-0.39, 0.29) is 76.6 Å². The Labute approximate surface area is 447 Å². The number of carbonyl (C=O) groups excluding carboxylic acids is 3. The van der Waals surface area contributed by atoms with E-state index in [4.69, 9.17) is 37.9 Å². The quantitative estimate of drug-likeness (QED) is 0.0266. The molecule has 21 atom stereocenters. The molecule has 0 radical (unpaired) electrons. The smallest absolute Gasteiger partial charge is 0.222 e. The fourth-order valence-corrected chi connectivity index (χ4v) is 9.87. The zero-order valence-electron chi connectivity index (χ0n) is 44.1. The maximum absolute atomic E-state index is 12.5. The molecule has 0 aliphatic carbocycles. The van der Waals surface area contributed by atoms with E-state index in [1.807, 2.05) is 0 Å². The lowest BCUT2D eigenvalue weighted by Gasteiger charge is -2.49. The fraction of sp³-hybridized carbons (Fsp3) is 0.939. The number of ether oxygens (including phenoxy) is 8. The van der Waals surface area contributed by atoms with Crippen LogP contribution >= 0.6 is 0 Å². The summed E-state index contributed by atoms with van der Waals surface area (Å²) in [4.78, 5) is 37.3.